The molecule has 0 bridgehead atoms. The zero-order valence-corrected chi connectivity index (χ0v) is 26.8. The minimum atomic E-state index is -4.97. The number of rotatable bonds is 9. The number of ether oxygens (including phenoxy) is 5. The van der Waals surface area contributed by atoms with E-state index in [1.165, 1.54) is 14.2 Å². The number of methoxy groups -OCH3 is 2. The number of aliphatic hydroxyl groups excluding tert-OH is 1. The van der Waals surface area contributed by atoms with Gasteiger partial charge in [0.1, 0.15) is 29.1 Å². The SMILES string of the molecule is COc1ccc(C(OC[C@H]2O[C@@H](n3cc4c(nc3=O)Nc3ccccc3O4)[C@H](C(F)(F)F)[C@@H]2O)(c2ccccc2)c2ccc(OC)cc2)cc1. The second-order valence-corrected chi connectivity index (χ2v) is 11.8. The molecule has 2 aliphatic heterocycles. The number of nitrogens with zero attached hydrogens (tertiary/aromatic N) is 2. The van der Waals surface area contributed by atoms with Crippen molar-refractivity contribution in [3.05, 3.63) is 136 Å². The number of hydrogen-bond acceptors (Lipinski definition) is 9. The first kappa shape index (κ1) is 33.1. The number of nitrogens with one attached hydrogen (secondary N) is 1. The molecule has 1 fully saturated rings. The summed E-state index contributed by atoms with van der Waals surface area (Å²) >= 11 is 0. The fourth-order valence-corrected chi connectivity index (χ4v) is 6.46. The van der Waals surface area contributed by atoms with Crippen molar-refractivity contribution in [1.29, 1.82) is 0 Å². The number of halogens is 3. The quantitative estimate of drug-likeness (QED) is 0.163. The molecule has 2 aliphatic rings. The monoisotopic (exact) mass is 687 g/mol. The molecule has 0 aliphatic carbocycles. The normalized spacial score (nSPS) is 19.9. The van der Waals surface area contributed by atoms with Crippen LogP contribution in [0.25, 0.3) is 0 Å². The van der Waals surface area contributed by atoms with Crippen LogP contribution in [0.15, 0.2) is 114 Å². The Bertz CT molecular complexity index is 1970. The Balaban J connectivity index is 1.27. The summed E-state index contributed by atoms with van der Waals surface area (Å²) in [7, 11) is 3.08. The van der Waals surface area contributed by atoms with Crippen LogP contribution in [0.3, 0.4) is 0 Å². The van der Waals surface area contributed by atoms with Gasteiger partial charge in [0.2, 0.25) is 0 Å². The van der Waals surface area contributed by atoms with Gasteiger partial charge >= 0.3 is 11.9 Å². The van der Waals surface area contributed by atoms with Gasteiger partial charge in [0.25, 0.3) is 0 Å². The lowest BCUT2D eigenvalue weighted by molar-refractivity contribution is -0.211. The van der Waals surface area contributed by atoms with Crippen molar-refractivity contribution in [2.45, 2.75) is 30.2 Å². The van der Waals surface area contributed by atoms with E-state index in [1.807, 2.05) is 30.3 Å². The third-order valence-corrected chi connectivity index (χ3v) is 8.94. The fourth-order valence-electron chi connectivity index (χ4n) is 6.46. The Labute approximate surface area is 284 Å². The summed E-state index contributed by atoms with van der Waals surface area (Å²) in [5.74, 6) is -0.870. The first-order valence-corrected chi connectivity index (χ1v) is 15.7. The number of benzene rings is 4. The van der Waals surface area contributed by atoms with E-state index in [-0.39, 0.29) is 11.6 Å². The molecule has 7 rings (SSSR count). The van der Waals surface area contributed by atoms with Gasteiger partial charge in [-0.2, -0.15) is 18.2 Å². The third-order valence-electron chi connectivity index (χ3n) is 8.94. The van der Waals surface area contributed by atoms with Crippen LogP contribution >= 0.6 is 0 Å². The number of aromatic nitrogens is 2. The number of alkyl halides is 3. The fraction of sp³-hybridized carbons (Fsp3) is 0.243. The summed E-state index contributed by atoms with van der Waals surface area (Å²) in [6.45, 7) is -0.504. The molecule has 0 spiro atoms. The molecule has 10 nitrogen and oxygen atoms in total. The van der Waals surface area contributed by atoms with Crippen molar-refractivity contribution < 1.29 is 42.0 Å². The van der Waals surface area contributed by atoms with Crippen molar-refractivity contribution in [2.75, 3.05) is 26.1 Å². The topological polar surface area (TPSA) is 113 Å². The lowest BCUT2D eigenvalue weighted by Crippen LogP contribution is -2.42. The Morgan fingerprint density at radius 2 is 1.40 bits per heavy atom. The average molecular weight is 688 g/mol. The lowest BCUT2D eigenvalue weighted by Gasteiger charge is -2.37. The van der Waals surface area contributed by atoms with Gasteiger partial charge in [-0.3, -0.25) is 4.57 Å². The van der Waals surface area contributed by atoms with Crippen LogP contribution in [-0.2, 0) is 15.1 Å². The number of aliphatic hydroxyl groups is 1. The van der Waals surface area contributed by atoms with Crippen molar-refractivity contribution in [1.82, 2.24) is 9.55 Å². The maximum atomic E-state index is 14.7. The maximum absolute atomic E-state index is 14.7. The zero-order chi connectivity index (χ0) is 35.0. The Kier molecular flexibility index (Phi) is 8.72. The van der Waals surface area contributed by atoms with Gasteiger partial charge in [0.05, 0.1) is 38.8 Å². The molecule has 0 amide bonds. The highest BCUT2D eigenvalue weighted by Gasteiger charge is 2.59. The van der Waals surface area contributed by atoms with Gasteiger partial charge in [0.15, 0.2) is 23.5 Å². The molecule has 4 atom stereocenters. The van der Waals surface area contributed by atoms with Crippen LogP contribution in [0.4, 0.5) is 24.7 Å². The van der Waals surface area contributed by atoms with E-state index >= 15 is 0 Å². The highest BCUT2D eigenvalue weighted by atomic mass is 19.4. The van der Waals surface area contributed by atoms with Crippen LogP contribution in [0, 0.1) is 5.92 Å². The zero-order valence-electron chi connectivity index (χ0n) is 26.8. The molecular formula is C37H32F3N3O7. The summed E-state index contributed by atoms with van der Waals surface area (Å²) in [5, 5.41) is 14.2. The molecule has 1 aromatic heterocycles. The van der Waals surface area contributed by atoms with Crippen LogP contribution in [0.2, 0.25) is 0 Å². The smallest absolute Gasteiger partial charge is 0.398 e. The second kappa shape index (κ2) is 13.2. The molecule has 3 heterocycles. The summed E-state index contributed by atoms with van der Waals surface area (Å²) in [5.41, 5.74) is 0.0377. The third kappa shape index (κ3) is 5.93. The van der Waals surface area contributed by atoms with E-state index in [1.54, 1.807) is 72.8 Å². The molecule has 0 radical (unpaired) electrons. The lowest BCUT2D eigenvalue weighted by atomic mass is 9.80. The molecule has 4 aromatic carbocycles. The minimum absolute atomic E-state index is 0.0177. The van der Waals surface area contributed by atoms with Gasteiger partial charge in [-0.1, -0.05) is 66.7 Å². The van der Waals surface area contributed by atoms with E-state index in [0.717, 1.165) is 6.20 Å². The Morgan fingerprint density at radius 1 is 0.820 bits per heavy atom. The van der Waals surface area contributed by atoms with E-state index in [2.05, 4.69) is 10.3 Å². The molecule has 0 saturated carbocycles. The van der Waals surface area contributed by atoms with Gasteiger partial charge < -0.3 is 34.1 Å². The number of anilines is 2. The van der Waals surface area contributed by atoms with Gasteiger partial charge in [-0.25, -0.2) is 4.79 Å². The van der Waals surface area contributed by atoms with E-state index in [0.29, 0.717) is 44.2 Å². The standard InChI is InChI=1S/C37H32F3N3O7/c1-46-25-16-12-23(13-17-25)36(22-8-4-3-5-9-22,24-14-18-26(47-2)19-15-24)48-21-30-32(44)31(37(38,39)40)34(50-30)43-20-29-33(42-35(43)45)41-27-10-6-7-11-28(27)49-29/h3-20,30-32,34,44H,21H2,1-2H3,(H,41,42,45)/t30-,31-,32-,34-/m1/s1. The summed E-state index contributed by atoms with van der Waals surface area (Å²) in [6, 6.07) is 30.2. The summed E-state index contributed by atoms with van der Waals surface area (Å²) in [4.78, 5) is 17.2. The molecule has 0 unspecified atom stereocenters. The van der Waals surface area contributed by atoms with Crippen molar-refractivity contribution in [3.63, 3.8) is 0 Å². The average Bonchev–Trinajstić information content (AvgIpc) is 3.47. The first-order valence-electron chi connectivity index (χ1n) is 15.7. The summed E-state index contributed by atoms with van der Waals surface area (Å²) in [6.07, 6.45) is -9.47. The van der Waals surface area contributed by atoms with E-state index in [9.17, 15) is 23.1 Å². The van der Waals surface area contributed by atoms with Crippen LogP contribution < -0.4 is 25.2 Å². The van der Waals surface area contributed by atoms with Crippen LogP contribution in [-0.4, -0.2) is 53.9 Å². The molecular weight excluding hydrogens is 655 g/mol. The van der Waals surface area contributed by atoms with Crippen molar-refractivity contribution in [3.8, 4) is 23.0 Å². The molecule has 258 valence electrons. The minimum Gasteiger partial charge on any atom is -0.497 e. The molecule has 1 saturated heterocycles. The number of para-hydroxylation sites is 2. The predicted molar refractivity (Wildman–Crippen MR) is 176 cm³/mol. The van der Waals surface area contributed by atoms with Gasteiger partial charge in [0, 0.05) is 0 Å². The highest BCUT2D eigenvalue weighted by Crippen LogP contribution is 2.48. The number of fused-ring (bicyclic) bond motifs is 2. The molecule has 2 N–H and O–H groups in total. The van der Waals surface area contributed by atoms with E-state index in [4.69, 9.17) is 23.7 Å². The van der Waals surface area contributed by atoms with Gasteiger partial charge in [-0.05, 0) is 53.1 Å². The van der Waals surface area contributed by atoms with Crippen LogP contribution in [0.5, 0.6) is 23.0 Å². The Hall–Kier alpha value is -5.37. The van der Waals surface area contributed by atoms with E-state index < -0.39 is 48.4 Å². The highest BCUT2D eigenvalue weighted by molar-refractivity contribution is 5.72. The van der Waals surface area contributed by atoms with Crippen molar-refractivity contribution >= 4 is 11.5 Å². The largest absolute Gasteiger partial charge is 0.497 e. The predicted octanol–water partition coefficient (Wildman–Crippen LogP) is 6.56. The van der Waals surface area contributed by atoms with Crippen LogP contribution in [0.1, 0.15) is 22.9 Å². The number of hydrogen-bond donors (Lipinski definition) is 2. The maximum Gasteiger partial charge on any atom is 0.398 e. The Morgan fingerprint density at radius 3 is 2.00 bits per heavy atom. The van der Waals surface area contributed by atoms with Crippen molar-refractivity contribution in [2.24, 2.45) is 5.92 Å². The molecule has 50 heavy (non-hydrogen) atoms. The van der Waals surface area contributed by atoms with Gasteiger partial charge in [-0.15, -0.1) is 0 Å². The molecule has 5 aromatic rings. The first-order chi connectivity index (χ1) is 24.1. The second-order valence-electron chi connectivity index (χ2n) is 11.8. The summed E-state index contributed by atoms with van der Waals surface area (Å²) < 4.78 is 74.1. The molecule has 13 heteroatoms.